The summed E-state index contributed by atoms with van der Waals surface area (Å²) >= 11 is 0. The minimum atomic E-state index is -0.101. The van der Waals surface area contributed by atoms with Crippen molar-refractivity contribution in [3.8, 4) is 0 Å². The first-order valence-electron chi connectivity index (χ1n) is 4.27. The fourth-order valence-corrected chi connectivity index (χ4v) is 1.35. The van der Waals surface area contributed by atoms with E-state index in [1.54, 1.807) is 6.08 Å². The molecule has 1 atom stereocenters. The van der Waals surface area contributed by atoms with Gasteiger partial charge in [0.25, 0.3) is 0 Å². The maximum absolute atomic E-state index is 10.0. The van der Waals surface area contributed by atoms with Crippen LogP contribution in [0.5, 0.6) is 0 Å². The molecule has 0 aromatic heterocycles. The highest BCUT2D eigenvalue weighted by molar-refractivity contribution is 5.33. The van der Waals surface area contributed by atoms with Crippen LogP contribution < -0.4 is 0 Å². The minimum Gasteiger partial charge on any atom is -0.376 e. The zero-order chi connectivity index (χ0) is 8.81. The van der Waals surface area contributed by atoms with Crippen LogP contribution in [0.25, 0.3) is 0 Å². The lowest BCUT2D eigenvalue weighted by Crippen LogP contribution is -2.44. The van der Waals surface area contributed by atoms with Crippen LogP contribution in [0.3, 0.4) is 0 Å². The monoisotopic (exact) mass is 170 g/mol. The summed E-state index contributed by atoms with van der Waals surface area (Å²) in [6.07, 6.45) is 2.55. The van der Waals surface area contributed by atoms with Crippen molar-refractivity contribution in [3.05, 3.63) is 0 Å². The highest BCUT2D eigenvalue weighted by Gasteiger charge is 2.20. The molecule has 1 heterocycles. The largest absolute Gasteiger partial charge is 0.376 e. The maximum Gasteiger partial charge on any atom is 0.236 e. The molecule has 0 saturated carbocycles. The van der Waals surface area contributed by atoms with Crippen molar-refractivity contribution in [3.63, 3.8) is 0 Å². The number of ether oxygens (including phenoxy) is 1. The second-order valence-electron chi connectivity index (χ2n) is 2.81. The first-order chi connectivity index (χ1) is 5.88. The van der Waals surface area contributed by atoms with Gasteiger partial charge in [-0.3, -0.25) is 4.90 Å². The van der Waals surface area contributed by atoms with Crippen molar-refractivity contribution in [1.82, 2.24) is 4.90 Å². The van der Waals surface area contributed by atoms with Gasteiger partial charge in [-0.05, 0) is 6.42 Å². The van der Waals surface area contributed by atoms with Crippen LogP contribution in [-0.2, 0) is 9.53 Å². The van der Waals surface area contributed by atoms with Crippen molar-refractivity contribution in [2.24, 2.45) is 4.99 Å². The normalized spacial score (nSPS) is 24.9. The van der Waals surface area contributed by atoms with Crippen molar-refractivity contribution in [2.45, 2.75) is 19.5 Å². The lowest BCUT2D eigenvalue weighted by molar-refractivity contribution is -0.00367. The van der Waals surface area contributed by atoms with E-state index in [0.717, 1.165) is 26.1 Å². The molecule has 1 aliphatic heterocycles. The number of nitrogens with zero attached hydrogens (tertiary/aromatic N) is 2. The van der Waals surface area contributed by atoms with Crippen LogP contribution in [0, 0.1) is 0 Å². The van der Waals surface area contributed by atoms with Crippen LogP contribution in [0.15, 0.2) is 4.99 Å². The second-order valence-corrected chi connectivity index (χ2v) is 2.81. The molecule has 4 nitrogen and oxygen atoms in total. The molecule has 0 radical (unpaired) electrons. The Morgan fingerprint density at radius 1 is 1.75 bits per heavy atom. The average molecular weight is 170 g/mol. The first-order valence-corrected chi connectivity index (χ1v) is 4.27. The van der Waals surface area contributed by atoms with Gasteiger partial charge >= 0.3 is 0 Å². The van der Waals surface area contributed by atoms with E-state index in [0.29, 0.717) is 6.61 Å². The molecule has 0 aromatic carbocycles. The molecule has 68 valence electrons. The number of morpholine rings is 1. The Hall–Kier alpha value is -0.700. The summed E-state index contributed by atoms with van der Waals surface area (Å²) in [6, 6.07) is 0. The van der Waals surface area contributed by atoms with E-state index in [-0.39, 0.29) is 6.17 Å². The third-order valence-corrected chi connectivity index (χ3v) is 1.92. The third-order valence-electron chi connectivity index (χ3n) is 1.92. The van der Waals surface area contributed by atoms with Crippen LogP contribution in [0.4, 0.5) is 0 Å². The highest BCUT2D eigenvalue weighted by Crippen LogP contribution is 2.07. The molecular formula is C8H14N2O2. The molecule has 0 amide bonds. The molecule has 1 saturated heterocycles. The van der Waals surface area contributed by atoms with E-state index in [1.807, 2.05) is 0 Å². The number of aliphatic imine (C=N–C) groups is 1. The molecule has 1 rings (SSSR count). The highest BCUT2D eigenvalue weighted by atomic mass is 16.5. The Balaban J connectivity index is 2.47. The van der Waals surface area contributed by atoms with Gasteiger partial charge in [0, 0.05) is 13.1 Å². The number of rotatable bonds is 3. The van der Waals surface area contributed by atoms with Gasteiger partial charge in [-0.25, -0.2) is 4.79 Å². The van der Waals surface area contributed by atoms with Crippen LogP contribution >= 0.6 is 0 Å². The topological polar surface area (TPSA) is 41.9 Å². The SMILES string of the molecule is CCCN1CCOCC1N=C=O. The Kier molecular flexibility index (Phi) is 3.94. The molecule has 1 aliphatic rings. The van der Waals surface area contributed by atoms with E-state index >= 15 is 0 Å². The number of isocyanates is 1. The summed E-state index contributed by atoms with van der Waals surface area (Å²) < 4.78 is 5.20. The zero-order valence-corrected chi connectivity index (χ0v) is 7.32. The molecular weight excluding hydrogens is 156 g/mol. The molecule has 1 fully saturated rings. The Morgan fingerprint density at radius 2 is 2.58 bits per heavy atom. The van der Waals surface area contributed by atoms with Gasteiger partial charge < -0.3 is 4.74 Å². The predicted molar refractivity (Wildman–Crippen MR) is 44.6 cm³/mol. The quantitative estimate of drug-likeness (QED) is 0.454. The van der Waals surface area contributed by atoms with Gasteiger partial charge in [-0.15, -0.1) is 0 Å². The van der Waals surface area contributed by atoms with E-state index in [1.165, 1.54) is 0 Å². The zero-order valence-electron chi connectivity index (χ0n) is 7.32. The molecule has 1 unspecified atom stereocenters. The van der Waals surface area contributed by atoms with Crippen LogP contribution in [0.2, 0.25) is 0 Å². The summed E-state index contributed by atoms with van der Waals surface area (Å²) in [6.45, 7) is 5.21. The molecule has 0 bridgehead atoms. The lowest BCUT2D eigenvalue weighted by atomic mass is 10.3. The Bertz CT molecular complexity index is 176. The fraction of sp³-hybridized carbons (Fsp3) is 0.875. The molecule has 12 heavy (non-hydrogen) atoms. The Labute approximate surface area is 72.2 Å². The molecule has 0 aromatic rings. The van der Waals surface area contributed by atoms with Gasteiger partial charge in [0.2, 0.25) is 6.08 Å². The predicted octanol–water partition coefficient (Wildman–Crippen LogP) is 0.391. The maximum atomic E-state index is 10.0. The number of carbonyl (C=O) groups excluding carboxylic acids is 1. The van der Waals surface area contributed by atoms with Crippen molar-refractivity contribution in [2.75, 3.05) is 26.3 Å². The molecule has 0 aliphatic carbocycles. The number of hydrogen-bond acceptors (Lipinski definition) is 4. The summed E-state index contributed by atoms with van der Waals surface area (Å²) in [5, 5.41) is 0. The third kappa shape index (κ3) is 2.41. The number of hydrogen-bond donors (Lipinski definition) is 0. The van der Waals surface area contributed by atoms with E-state index < -0.39 is 0 Å². The standard InChI is InChI=1S/C8H14N2O2/c1-2-3-10-4-5-12-6-8(10)9-7-11/h8H,2-6H2,1H3. The summed E-state index contributed by atoms with van der Waals surface area (Å²) in [7, 11) is 0. The van der Waals surface area contributed by atoms with Gasteiger partial charge in [-0.2, -0.15) is 4.99 Å². The van der Waals surface area contributed by atoms with Gasteiger partial charge in [0.05, 0.1) is 13.2 Å². The smallest absolute Gasteiger partial charge is 0.236 e. The van der Waals surface area contributed by atoms with Gasteiger partial charge in [0.15, 0.2) is 0 Å². The van der Waals surface area contributed by atoms with Crippen molar-refractivity contribution < 1.29 is 9.53 Å². The average Bonchev–Trinajstić information content (AvgIpc) is 2.09. The van der Waals surface area contributed by atoms with E-state index in [9.17, 15) is 4.79 Å². The van der Waals surface area contributed by atoms with Crippen LogP contribution in [-0.4, -0.2) is 43.4 Å². The van der Waals surface area contributed by atoms with Gasteiger partial charge in [0.1, 0.15) is 6.17 Å². The second kappa shape index (κ2) is 5.04. The minimum absolute atomic E-state index is 0.101. The summed E-state index contributed by atoms with van der Waals surface area (Å²) in [4.78, 5) is 15.9. The lowest BCUT2D eigenvalue weighted by Gasteiger charge is -2.31. The van der Waals surface area contributed by atoms with Crippen LogP contribution in [0.1, 0.15) is 13.3 Å². The van der Waals surface area contributed by atoms with E-state index in [4.69, 9.17) is 4.74 Å². The summed E-state index contributed by atoms with van der Waals surface area (Å²) in [5.74, 6) is 0. The van der Waals surface area contributed by atoms with Gasteiger partial charge in [-0.1, -0.05) is 6.92 Å². The first kappa shape index (κ1) is 9.39. The summed E-state index contributed by atoms with van der Waals surface area (Å²) in [5.41, 5.74) is 0. The molecule has 4 heteroatoms. The van der Waals surface area contributed by atoms with Crippen molar-refractivity contribution in [1.29, 1.82) is 0 Å². The molecule has 0 N–H and O–H groups in total. The fourth-order valence-electron chi connectivity index (χ4n) is 1.35. The molecule has 0 spiro atoms. The van der Waals surface area contributed by atoms with Crippen molar-refractivity contribution >= 4 is 6.08 Å². The van der Waals surface area contributed by atoms with E-state index in [2.05, 4.69) is 16.8 Å². The Morgan fingerprint density at radius 3 is 3.25 bits per heavy atom.